The number of nitrogens with zero attached hydrogens (tertiary/aromatic N) is 1. The first-order chi connectivity index (χ1) is 8.81. The predicted molar refractivity (Wildman–Crippen MR) is 72.5 cm³/mol. The molecule has 1 aromatic carbocycles. The lowest BCUT2D eigenvalue weighted by Gasteiger charge is -2.10. The van der Waals surface area contributed by atoms with Crippen LogP contribution in [0.1, 0.15) is 6.42 Å². The highest BCUT2D eigenvalue weighted by atomic mass is 16.1. The van der Waals surface area contributed by atoms with E-state index in [9.17, 15) is 4.79 Å². The van der Waals surface area contributed by atoms with E-state index in [4.69, 9.17) is 5.73 Å². The van der Waals surface area contributed by atoms with Crippen molar-refractivity contribution in [3.63, 3.8) is 0 Å². The maximum absolute atomic E-state index is 11.3. The fourth-order valence-electron chi connectivity index (χ4n) is 1.69. The van der Waals surface area contributed by atoms with Gasteiger partial charge in [-0.05, 0) is 13.0 Å². The van der Waals surface area contributed by atoms with E-state index in [2.05, 4.69) is 15.3 Å². The molecule has 1 heterocycles. The Hall–Kier alpha value is -2.14. The van der Waals surface area contributed by atoms with Crippen LogP contribution in [-0.4, -0.2) is 23.1 Å². The Balaban J connectivity index is 2.32. The number of benzene rings is 1. The van der Waals surface area contributed by atoms with Gasteiger partial charge in [-0.15, -0.1) is 0 Å². The lowest BCUT2D eigenvalue weighted by atomic mass is 10.1. The van der Waals surface area contributed by atoms with Crippen molar-refractivity contribution in [1.29, 1.82) is 0 Å². The molecule has 94 valence electrons. The van der Waals surface area contributed by atoms with Crippen molar-refractivity contribution >= 4 is 5.69 Å². The monoisotopic (exact) mass is 244 g/mol. The topological polar surface area (TPSA) is 83.8 Å². The molecule has 0 saturated heterocycles. The molecule has 0 aliphatic heterocycles. The van der Waals surface area contributed by atoms with Crippen LogP contribution in [0.15, 0.2) is 41.3 Å². The molecule has 0 radical (unpaired) electrons. The van der Waals surface area contributed by atoms with Gasteiger partial charge in [0.1, 0.15) is 0 Å². The molecule has 0 aliphatic rings. The normalized spacial score (nSPS) is 10.3. The predicted octanol–water partition coefficient (Wildman–Crippen LogP) is 1.20. The minimum Gasteiger partial charge on any atom is -0.382 e. The number of aromatic amines is 1. The number of rotatable bonds is 5. The molecule has 0 spiro atoms. The number of hydrogen-bond acceptors (Lipinski definition) is 4. The van der Waals surface area contributed by atoms with Crippen LogP contribution >= 0.6 is 0 Å². The standard InChI is InChI=1S/C13H16N4O/c14-7-4-8-15-11-9-16-13(18)17-12(11)10-5-2-1-3-6-10/h1-3,5-6,9,15H,4,7-8,14H2,(H,16,17,18). The minimum atomic E-state index is -0.349. The third-order valence-corrected chi connectivity index (χ3v) is 2.57. The Kier molecular flexibility index (Phi) is 4.09. The molecule has 0 saturated carbocycles. The van der Waals surface area contributed by atoms with E-state index < -0.39 is 0 Å². The van der Waals surface area contributed by atoms with Gasteiger partial charge in [0.05, 0.1) is 17.6 Å². The van der Waals surface area contributed by atoms with Gasteiger partial charge in [-0.25, -0.2) is 4.79 Å². The Bertz CT molecular complexity index is 550. The lowest BCUT2D eigenvalue weighted by molar-refractivity contribution is 0.872. The Morgan fingerprint density at radius 1 is 1.28 bits per heavy atom. The Morgan fingerprint density at radius 2 is 2.06 bits per heavy atom. The van der Waals surface area contributed by atoms with E-state index >= 15 is 0 Å². The first-order valence-electron chi connectivity index (χ1n) is 5.90. The van der Waals surface area contributed by atoms with Crippen molar-refractivity contribution in [2.45, 2.75) is 6.42 Å². The molecule has 0 aliphatic carbocycles. The molecule has 4 N–H and O–H groups in total. The second-order valence-corrected chi connectivity index (χ2v) is 3.91. The van der Waals surface area contributed by atoms with Crippen molar-refractivity contribution in [2.24, 2.45) is 5.73 Å². The second-order valence-electron chi connectivity index (χ2n) is 3.91. The summed E-state index contributed by atoms with van der Waals surface area (Å²) in [4.78, 5) is 17.8. The van der Waals surface area contributed by atoms with Gasteiger partial charge in [0.15, 0.2) is 0 Å². The van der Waals surface area contributed by atoms with Crippen LogP contribution < -0.4 is 16.7 Å². The van der Waals surface area contributed by atoms with E-state index in [1.807, 2.05) is 30.3 Å². The summed E-state index contributed by atoms with van der Waals surface area (Å²) < 4.78 is 0. The van der Waals surface area contributed by atoms with Gasteiger partial charge in [0, 0.05) is 12.1 Å². The zero-order valence-corrected chi connectivity index (χ0v) is 10.0. The third-order valence-electron chi connectivity index (χ3n) is 2.57. The number of hydrogen-bond donors (Lipinski definition) is 3. The summed E-state index contributed by atoms with van der Waals surface area (Å²) in [7, 11) is 0. The van der Waals surface area contributed by atoms with Gasteiger partial charge >= 0.3 is 5.69 Å². The highest BCUT2D eigenvalue weighted by Crippen LogP contribution is 2.23. The molecule has 5 heteroatoms. The smallest absolute Gasteiger partial charge is 0.345 e. The van der Waals surface area contributed by atoms with Gasteiger partial charge in [-0.2, -0.15) is 4.98 Å². The van der Waals surface area contributed by atoms with Gasteiger partial charge in [-0.1, -0.05) is 30.3 Å². The molecule has 0 atom stereocenters. The molecule has 0 unspecified atom stereocenters. The Labute approximate surface area is 105 Å². The molecule has 0 fully saturated rings. The zero-order chi connectivity index (χ0) is 12.8. The van der Waals surface area contributed by atoms with Crippen molar-refractivity contribution in [1.82, 2.24) is 9.97 Å². The number of H-pyrrole nitrogens is 1. The van der Waals surface area contributed by atoms with Crippen molar-refractivity contribution in [2.75, 3.05) is 18.4 Å². The number of aromatic nitrogens is 2. The van der Waals surface area contributed by atoms with Crippen LogP contribution in [0.5, 0.6) is 0 Å². The number of anilines is 1. The quantitative estimate of drug-likeness (QED) is 0.690. The Morgan fingerprint density at radius 3 is 2.78 bits per heavy atom. The lowest BCUT2D eigenvalue weighted by Crippen LogP contribution is -2.15. The van der Waals surface area contributed by atoms with E-state index in [0.29, 0.717) is 6.54 Å². The zero-order valence-electron chi connectivity index (χ0n) is 10.0. The first kappa shape index (κ1) is 12.3. The van der Waals surface area contributed by atoms with E-state index in [0.717, 1.165) is 29.9 Å². The molecule has 0 bridgehead atoms. The average Bonchev–Trinajstić information content (AvgIpc) is 2.41. The van der Waals surface area contributed by atoms with Gasteiger partial charge < -0.3 is 16.0 Å². The number of nitrogens with one attached hydrogen (secondary N) is 2. The van der Waals surface area contributed by atoms with Crippen LogP contribution in [0.2, 0.25) is 0 Å². The maximum atomic E-state index is 11.3. The summed E-state index contributed by atoms with van der Waals surface area (Å²) in [5, 5.41) is 3.23. The molecular formula is C13H16N4O. The summed E-state index contributed by atoms with van der Waals surface area (Å²) in [6, 6.07) is 9.68. The largest absolute Gasteiger partial charge is 0.382 e. The molecule has 2 rings (SSSR count). The summed E-state index contributed by atoms with van der Waals surface area (Å²) in [6.45, 7) is 1.38. The molecule has 18 heavy (non-hydrogen) atoms. The van der Waals surface area contributed by atoms with Crippen LogP contribution in [0.3, 0.4) is 0 Å². The van der Waals surface area contributed by atoms with E-state index in [1.165, 1.54) is 0 Å². The van der Waals surface area contributed by atoms with Gasteiger partial charge in [0.25, 0.3) is 0 Å². The molecule has 5 nitrogen and oxygen atoms in total. The summed E-state index contributed by atoms with van der Waals surface area (Å²) in [5.74, 6) is 0. The van der Waals surface area contributed by atoms with Crippen LogP contribution in [-0.2, 0) is 0 Å². The van der Waals surface area contributed by atoms with Gasteiger partial charge in [-0.3, -0.25) is 0 Å². The fourth-order valence-corrected chi connectivity index (χ4v) is 1.69. The summed E-state index contributed by atoms with van der Waals surface area (Å²) in [6.07, 6.45) is 2.42. The van der Waals surface area contributed by atoms with Crippen LogP contribution in [0, 0.1) is 0 Å². The van der Waals surface area contributed by atoms with Crippen molar-refractivity contribution in [3.05, 3.63) is 47.0 Å². The SMILES string of the molecule is NCCCNc1cnc(=O)[nH]c1-c1ccccc1. The van der Waals surface area contributed by atoms with E-state index in [1.54, 1.807) is 6.20 Å². The summed E-state index contributed by atoms with van der Waals surface area (Å²) in [5.41, 5.74) is 7.63. The number of nitrogens with two attached hydrogens (primary N) is 1. The average molecular weight is 244 g/mol. The van der Waals surface area contributed by atoms with Crippen molar-refractivity contribution in [3.8, 4) is 11.3 Å². The summed E-state index contributed by atoms with van der Waals surface area (Å²) >= 11 is 0. The second kappa shape index (κ2) is 5.97. The highest BCUT2D eigenvalue weighted by Gasteiger charge is 2.06. The van der Waals surface area contributed by atoms with E-state index in [-0.39, 0.29) is 5.69 Å². The molecule has 2 aromatic rings. The molecule has 0 amide bonds. The first-order valence-corrected chi connectivity index (χ1v) is 5.90. The molecule has 1 aromatic heterocycles. The highest BCUT2D eigenvalue weighted by molar-refractivity contribution is 5.73. The minimum absolute atomic E-state index is 0.349. The van der Waals surface area contributed by atoms with Crippen molar-refractivity contribution < 1.29 is 0 Å². The third kappa shape index (κ3) is 2.95. The maximum Gasteiger partial charge on any atom is 0.345 e. The van der Waals surface area contributed by atoms with Gasteiger partial charge in [0.2, 0.25) is 0 Å². The molecular weight excluding hydrogens is 228 g/mol. The van der Waals surface area contributed by atoms with Crippen LogP contribution in [0.4, 0.5) is 5.69 Å². The fraction of sp³-hybridized carbons (Fsp3) is 0.231. The van der Waals surface area contributed by atoms with Crippen LogP contribution in [0.25, 0.3) is 11.3 Å².